The zero-order chi connectivity index (χ0) is 16.0. The molecule has 0 fully saturated rings. The van der Waals surface area contributed by atoms with Crippen molar-refractivity contribution in [1.29, 1.82) is 10.7 Å². The van der Waals surface area contributed by atoms with Crippen LogP contribution < -0.4 is 4.74 Å². The second-order valence-electron chi connectivity index (χ2n) is 4.17. The summed E-state index contributed by atoms with van der Waals surface area (Å²) in [4.78, 5) is 23.4. The summed E-state index contributed by atoms with van der Waals surface area (Å²) in [5.74, 6) is -2.80. The highest BCUT2D eigenvalue weighted by Crippen LogP contribution is 2.23. The number of Topliss-reactive ketones (excluding diaryl/α,β-unsaturated/α-hetero) is 1. The number of phenolic OH excluding ortho intramolecular Hbond substituents is 1. The number of aromatic hydroxyl groups is 1. The van der Waals surface area contributed by atoms with Gasteiger partial charge in [0.25, 0.3) is 0 Å². The van der Waals surface area contributed by atoms with E-state index in [0.29, 0.717) is 5.75 Å². The maximum Gasteiger partial charge on any atom is 0.342 e. The summed E-state index contributed by atoms with van der Waals surface area (Å²) in [6.07, 6.45) is 0. The third-order valence-electron chi connectivity index (χ3n) is 2.65. The first-order valence-corrected chi connectivity index (χ1v) is 5.92. The van der Waals surface area contributed by atoms with Crippen LogP contribution >= 0.6 is 0 Å². The van der Waals surface area contributed by atoms with Crippen LogP contribution in [0.4, 0.5) is 0 Å². The Kier molecular flexibility index (Phi) is 5.43. The van der Waals surface area contributed by atoms with Gasteiger partial charge in [0.2, 0.25) is 0 Å². The van der Waals surface area contributed by atoms with Crippen molar-refractivity contribution >= 4 is 17.5 Å². The van der Waals surface area contributed by atoms with Crippen LogP contribution in [0.5, 0.6) is 11.5 Å². The first kappa shape index (κ1) is 16.2. The van der Waals surface area contributed by atoms with Gasteiger partial charge in [-0.2, -0.15) is 5.26 Å². The Hall–Kier alpha value is -2.88. The molecular formula is C14H14N2O5. The van der Waals surface area contributed by atoms with Crippen molar-refractivity contribution in [1.82, 2.24) is 0 Å². The molecule has 0 saturated heterocycles. The number of esters is 1. The quantitative estimate of drug-likeness (QED) is 0.602. The predicted molar refractivity (Wildman–Crippen MR) is 72.5 cm³/mol. The zero-order valence-corrected chi connectivity index (χ0v) is 11.5. The molecule has 0 aliphatic heterocycles. The topological polar surface area (TPSA) is 120 Å². The van der Waals surface area contributed by atoms with E-state index in [2.05, 4.69) is 0 Å². The van der Waals surface area contributed by atoms with Crippen molar-refractivity contribution in [3.63, 3.8) is 0 Å². The van der Waals surface area contributed by atoms with Crippen LogP contribution in [0.1, 0.15) is 17.3 Å². The van der Waals surface area contributed by atoms with E-state index in [1.807, 2.05) is 0 Å². The molecule has 0 aliphatic rings. The van der Waals surface area contributed by atoms with E-state index in [-0.39, 0.29) is 17.0 Å². The van der Waals surface area contributed by atoms with Gasteiger partial charge in [0.05, 0.1) is 13.2 Å². The lowest BCUT2D eigenvalue weighted by Crippen LogP contribution is -2.25. The summed E-state index contributed by atoms with van der Waals surface area (Å²) in [7, 11) is 1.41. The normalized spacial score (nSPS) is 11.1. The Bertz CT molecular complexity index is 618. The van der Waals surface area contributed by atoms with E-state index in [4.69, 9.17) is 20.1 Å². The summed E-state index contributed by atoms with van der Waals surface area (Å²) in [6.45, 7) is 0.682. The molecule has 1 rings (SSSR count). The molecule has 0 heterocycles. The van der Waals surface area contributed by atoms with E-state index in [1.54, 1.807) is 6.07 Å². The first-order chi connectivity index (χ1) is 9.90. The fraction of sp³-hybridized carbons (Fsp3) is 0.286. The number of benzene rings is 1. The predicted octanol–water partition coefficient (Wildman–Crippen LogP) is 1.31. The van der Waals surface area contributed by atoms with Gasteiger partial charge in [-0.3, -0.25) is 4.79 Å². The molecule has 1 aromatic rings. The van der Waals surface area contributed by atoms with Gasteiger partial charge in [-0.25, -0.2) is 4.79 Å². The van der Waals surface area contributed by atoms with Crippen LogP contribution in [0.25, 0.3) is 0 Å². The number of hydrogen-bond acceptors (Lipinski definition) is 7. The van der Waals surface area contributed by atoms with Gasteiger partial charge in [-0.15, -0.1) is 0 Å². The molecule has 0 spiro atoms. The Balaban J connectivity index is 2.73. The average molecular weight is 290 g/mol. The average Bonchev–Trinajstić information content (AvgIpc) is 2.44. The summed E-state index contributed by atoms with van der Waals surface area (Å²) in [5, 5.41) is 25.7. The number of nitrogens with one attached hydrogen (secondary N) is 1. The molecule has 0 radical (unpaired) electrons. The lowest BCUT2D eigenvalue weighted by atomic mass is 10.0. The number of nitrogens with zero attached hydrogens (tertiary/aromatic N) is 1. The maximum atomic E-state index is 11.7. The van der Waals surface area contributed by atoms with Crippen molar-refractivity contribution in [2.24, 2.45) is 5.92 Å². The van der Waals surface area contributed by atoms with Crippen molar-refractivity contribution in [3.05, 3.63) is 23.8 Å². The highest BCUT2D eigenvalue weighted by Gasteiger charge is 2.22. The number of hydrogen-bond donors (Lipinski definition) is 2. The monoisotopic (exact) mass is 290 g/mol. The zero-order valence-electron chi connectivity index (χ0n) is 11.5. The smallest absolute Gasteiger partial charge is 0.342 e. The SMILES string of the molecule is COc1ccc(C(=O)OCC(=O)C(C#N)C(C)=N)c(O)c1. The van der Waals surface area contributed by atoms with E-state index in [0.717, 1.165) is 0 Å². The number of ketones is 1. The lowest BCUT2D eigenvalue weighted by Gasteiger charge is -2.09. The van der Waals surface area contributed by atoms with Crippen LogP contribution in [-0.4, -0.2) is 36.3 Å². The lowest BCUT2D eigenvalue weighted by molar-refractivity contribution is -0.122. The molecule has 1 unspecified atom stereocenters. The Morgan fingerprint density at radius 3 is 2.62 bits per heavy atom. The van der Waals surface area contributed by atoms with Crippen LogP contribution in [-0.2, 0) is 9.53 Å². The molecule has 0 aromatic heterocycles. The van der Waals surface area contributed by atoms with Crippen LogP contribution in [0.3, 0.4) is 0 Å². The Labute approximate surface area is 121 Å². The number of rotatable bonds is 6. The largest absolute Gasteiger partial charge is 0.507 e. The van der Waals surface area contributed by atoms with Crippen LogP contribution in [0.15, 0.2) is 18.2 Å². The summed E-state index contributed by atoms with van der Waals surface area (Å²) in [6, 6.07) is 5.65. The molecule has 0 saturated carbocycles. The maximum absolute atomic E-state index is 11.7. The number of ether oxygens (including phenoxy) is 2. The minimum absolute atomic E-state index is 0.120. The van der Waals surface area contributed by atoms with Crippen molar-refractivity contribution in [2.75, 3.05) is 13.7 Å². The molecule has 7 nitrogen and oxygen atoms in total. The second-order valence-corrected chi connectivity index (χ2v) is 4.17. The number of phenols is 1. The third kappa shape index (κ3) is 4.04. The minimum Gasteiger partial charge on any atom is -0.507 e. The standard InChI is InChI=1S/C14H14N2O5/c1-8(16)11(6-15)13(18)7-21-14(19)10-4-3-9(20-2)5-12(10)17/h3-5,11,16-17H,7H2,1-2H3. The molecule has 1 aromatic carbocycles. The molecule has 0 aliphatic carbocycles. The minimum atomic E-state index is -1.23. The molecule has 0 amide bonds. The number of carbonyl (C=O) groups is 2. The van der Waals surface area contributed by atoms with E-state index in [1.165, 1.54) is 32.2 Å². The molecule has 0 bridgehead atoms. The number of carbonyl (C=O) groups excluding carboxylic acids is 2. The molecule has 21 heavy (non-hydrogen) atoms. The van der Waals surface area contributed by atoms with E-state index in [9.17, 15) is 14.7 Å². The van der Waals surface area contributed by atoms with Gasteiger partial charge >= 0.3 is 5.97 Å². The van der Waals surface area contributed by atoms with Gasteiger partial charge in [0.1, 0.15) is 23.0 Å². The third-order valence-corrected chi connectivity index (χ3v) is 2.65. The second kappa shape index (κ2) is 7.05. The first-order valence-electron chi connectivity index (χ1n) is 5.92. The molecule has 2 N–H and O–H groups in total. The summed E-state index contributed by atoms with van der Waals surface area (Å²) >= 11 is 0. The summed E-state index contributed by atoms with van der Waals surface area (Å²) in [5.41, 5.74) is -0.241. The van der Waals surface area contributed by atoms with E-state index >= 15 is 0 Å². The molecule has 7 heteroatoms. The van der Waals surface area contributed by atoms with E-state index < -0.39 is 24.3 Å². The highest BCUT2D eigenvalue weighted by atomic mass is 16.5. The van der Waals surface area contributed by atoms with Gasteiger partial charge in [0, 0.05) is 11.8 Å². The Morgan fingerprint density at radius 1 is 1.48 bits per heavy atom. The van der Waals surface area contributed by atoms with Crippen molar-refractivity contribution in [2.45, 2.75) is 6.92 Å². The van der Waals surface area contributed by atoms with Crippen molar-refractivity contribution in [3.8, 4) is 17.6 Å². The highest BCUT2D eigenvalue weighted by molar-refractivity contribution is 6.06. The Morgan fingerprint density at radius 2 is 2.14 bits per heavy atom. The van der Waals surface area contributed by atoms with Crippen molar-refractivity contribution < 1.29 is 24.2 Å². The number of methoxy groups -OCH3 is 1. The fourth-order valence-electron chi connectivity index (χ4n) is 1.52. The van der Waals surface area contributed by atoms with Gasteiger partial charge in [-0.05, 0) is 19.1 Å². The molecular weight excluding hydrogens is 276 g/mol. The molecule has 1 atom stereocenters. The molecule has 110 valence electrons. The van der Waals surface area contributed by atoms with Crippen LogP contribution in [0, 0.1) is 22.7 Å². The fourth-order valence-corrected chi connectivity index (χ4v) is 1.52. The van der Waals surface area contributed by atoms with Gasteiger partial charge in [-0.1, -0.05) is 0 Å². The van der Waals surface area contributed by atoms with Gasteiger partial charge < -0.3 is 20.0 Å². The van der Waals surface area contributed by atoms with Gasteiger partial charge in [0.15, 0.2) is 12.4 Å². The number of nitriles is 1. The summed E-state index contributed by atoms with van der Waals surface area (Å²) < 4.78 is 9.61. The van der Waals surface area contributed by atoms with Crippen LogP contribution in [0.2, 0.25) is 0 Å².